The first-order valence-corrected chi connectivity index (χ1v) is 11.2. The van der Waals surface area contributed by atoms with E-state index in [0.29, 0.717) is 20.1 Å². The average molecular weight is 479 g/mol. The molecule has 0 bridgehead atoms. The molecular weight excluding hydrogens is 465 g/mol. The van der Waals surface area contributed by atoms with Crippen molar-refractivity contribution in [2.45, 2.75) is 16.7 Å². The van der Waals surface area contributed by atoms with E-state index in [1.807, 2.05) is 36.8 Å². The number of imidazole rings is 1. The zero-order valence-corrected chi connectivity index (χ0v) is 17.7. The van der Waals surface area contributed by atoms with E-state index in [4.69, 9.17) is 46.4 Å². The summed E-state index contributed by atoms with van der Waals surface area (Å²) in [5, 5.41) is 3.58. The summed E-state index contributed by atoms with van der Waals surface area (Å²) in [4.78, 5) is 4.40. The van der Waals surface area contributed by atoms with Gasteiger partial charge in [-0.2, -0.15) is 0 Å². The van der Waals surface area contributed by atoms with Gasteiger partial charge in [0.15, 0.2) is 0 Å². The van der Waals surface area contributed by atoms with E-state index >= 15 is 0 Å². The van der Waals surface area contributed by atoms with E-state index in [1.165, 1.54) is 0 Å². The van der Waals surface area contributed by atoms with Gasteiger partial charge in [0.1, 0.15) is 0 Å². The number of benzene rings is 2. The Kier molecular flexibility index (Phi) is 6.73. The molecule has 0 fully saturated rings. The molecule has 1 heterocycles. The summed E-state index contributed by atoms with van der Waals surface area (Å²) >= 11 is 25.0. The predicted molar refractivity (Wildman–Crippen MR) is 107 cm³/mol. The monoisotopic (exact) mass is 478 g/mol. The van der Waals surface area contributed by atoms with Gasteiger partial charge in [-0.25, -0.2) is 0 Å². The summed E-state index contributed by atoms with van der Waals surface area (Å²) in [5.74, 6) is 0. The fraction of sp³-hybridized carbons (Fsp3) is 0.167. The van der Waals surface area contributed by atoms with Crippen LogP contribution in [-0.4, -0.2) is 24.5 Å². The summed E-state index contributed by atoms with van der Waals surface area (Å²) in [6, 6.07) is 11.3. The summed E-state index contributed by atoms with van der Waals surface area (Å²) in [6.07, 6.45) is 5.56. The second kappa shape index (κ2) is 8.81. The van der Waals surface area contributed by atoms with E-state index in [0.717, 1.165) is 23.0 Å². The maximum atomic E-state index is 6.46. The van der Waals surface area contributed by atoms with Gasteiger partial charge in [-0.15, -0.1) is 0 Å². The molecule has 25 heavy (non-hydrogen) atoms. The molecule has 0 saturated carbocycles. The summed E-state index contributed by atoms with van der Waals surface area (Å²) < 4.78 is 2.07. The summed E-state index contributed by atoms with van der Waals surface area (Å²) in [6.45, 7) is 0.812. The van der Waals surface area contributed by atoms with E-state index in [1.54, 1.807) is 18.3 Å². The van der Waals surface area contributed by atoms with Crippen LogP contribution in [0.4, 0.5) is 0 Å². The van der Waals surface area contributed by atoms with Gasteiger partial charge in [-0.05, 0) is 0 Å². The van der Waals surface area contributed by atoms with Crippen LogP contribution in [0.5, 0.6) is 0 Å². The number of hydrogen-bond donors (Lipinski definition) is 0. The van der Waals surface area contributed by atoms with Crippen molar-refractivity contribution in [3.05, 3.63) is 86.3 Å². The first kappa shape index (κ1) is 19.1. The third-order valence-corrected chi connectivity index (χ3v) is 7.54. The van der Waals surface area contributed by atoms with Crippen LogP contribution < -0.4 is 0 Å². The molecule has 7 heteroatoms. The van der Waals surface area contributed by atoms with Crippen LogP contribution in [0, 0.1) is 0 Å². The van der Waals surface area contributed by atoms with Crippen molar-refractivity contribution in [2.24, 2.45) is 0 Å². The zero-order chi connectivity index (χ0) is 17.8. The Labute approximate surface area is 173 Å². The Morgan fingerprint density at radius 1 is 0.960 bits per heavy atom. The Morgan fingerprint density at radius 3 is 2.32 bits per heavy atom. The Morgan fingerprint density at radius 2 is 1.68 bits per heavy atom. The van der Waals surface area contributed by atoms with Crippen LogP contribution in [0.3, 0.4) is 0 Å². The second-order valence-corrected chi connectivity index (χ2v) is 9.65. The molecular formula is C18H14Cl4N2Se. The van der Waals surface area contributed by atoms with Crippen LogP contribution >= 0.6 is 46.4 Å². The first-order chi connectivity index (χ1) is 12.0. The van der Waals surface area contributed by atoms with Gasteiger partial charge in [0.25, 0.3) is 0 Å². The molecule has 0 aliphatic heterocycles. The van der Waals surface area contributed by atoms with Crippen LogP contribution in [0.25, 0.3) is 0 Å². The average Bonchev–Trinajstić information content (AvgIpc) is 3.06. The van der Waals surface area contributed by atoms with Gasteiger partial charge in [0, 0.05) is 0 Å². The minimum absolute atomic E-state index is 0.235. The standard InChI is InChI=1S/C18H14Cl4N2Se/c19-13-2-1-12(16(21)7-13)10-25-18(9-24-6-5-23-11-24)15-4-3-14(20)8-17(15)22/h1-8,11,18H,9-10H2. The molecule has 0 N–H and O–H groups in total. The molecule has 130 valence electrons. The van der Waals surface area contributed by atoms with E-state index in [-0.39, 0.29) is 19.8 Å². The van der Waals surface area contributed by atoms with Gasteiger partial charge in [0.05, 0.1) is 0 Å². The van der Waals surface area contributed by atoms with E-state index in [2.05, 4.69) is 9.55 Å². The number of nitrogens with zero attached hydrogens (tertiary/aromatic N) is 2. The van der Waals surface area contributed by atoms with E-state index in [9.17, 15) is 0 Å². The van der Waals surface area contributed by atoms with Crippen LogP contribution in [0.2, 0.25) is 20.1 Å². The molecule has 2 aromatic carbocycles. The van der Waals surface area contributed by atoms with Gasteiger partial charge in [-0.3, -0.25) is 0 Å². The number of halogens is 4. The van der Waals surface area contributed by atoms with Crippen LogP contribution in [0.1, 0.15) is 15.9 Å². The van der Waals surface area contributed by atoms with Gasteiger partial charge < -0.3 is 0 Å². The van der Waals surface area contributed by atoms with E-state index < -0.39 is 0 Å². The Bertz CT molecular complexity index is 852. The molecule has 1 aromatic heterocycles. The normalized spacial score (nSPS) is 12.3. The van der Waals surface area contributed by atoms with Gasteiger partial charge >= 0.3 is 174 Å². The van der Waals surface area contributed by atoms with Crippen molar-refractivity contribution in [1.29, 1.82) is 0 Å². The van der Waals surface area contributed by atoms with Crippen LogP contribution in [-0.2, 0) is 11.9 Å². The topological polar surface area (TPSA) is 17.8 Å². The number of aromatic nitrogens is 2. The minimum atomic E-state index is 0.235. The Balaban J connectivity index is 1.83. The fourth-order valence-electron chi connectivity index (χ4n) is 2.42. The maximum absolute atomic E-state index is 6.46. The first-order valence-electron chi connectivity index (χ1n) is 7.49. The van der Waals surface area contributed by atoms with Crippen molar-refractivity contribution >= 4 is 61.4 Å². The quantitative estimate of drug-likeness (QED) is 0.389. The molecule has 2 nitrogen and oxygen atoms in total. The van der Waals surface area contributed by atoms with Gasteiger partial charge in [0.2, 0.25) is 0 Å². The molecule has 0 amide bonds. The van der Waals surface area contributed by atoms with Gasteiger partial charge in [-0.1, -0.05) is 0 Å². The van der Waals surface area contributed by atoms with Crippen molar-refractivity contribution in [3.8, 4) is 0 Å². The molecule has 0 aliphatic rings. The van der Waals surface area contributed by atoms with Crippen molar-refractivity contribution in [2.75, 3.05) is 0 Å². The molecule has 3 aromatic rings. The summed E-state index contributed by atoms with van der Waals surface area (Å²) in [5.41, 5.74) is 2.21. The van der Waals surface area contributed by atoms with Crippen molar-refractivity contribution < 1.29 is 0 Å². The third kappa shape index (κ3) is 5.17. The van der Waals surface area contributed by atoms with Crippen molar-refractivity contribution in [3.63, 3.8) is 0 Å². The fourth-order valence-corrected chi connectivity index (χ4v) is 6.48. The molecule has 0 aliphatic carbocycles. The molecule has 3 rings (SSSR count). The third-order valence-electron chi connectivity index (χ3n) is 3.70. The zero-order valence-electron chi connectivity index (χ0n) is 13.0. The second-order valence-electron chi connectivity index (χ2n) is 5.46. The Hall–Kier alpha value is -0.671. The molecule has 0 spiro atoms. The molecule has 0 radical (unpaired) electrons. The SMILES string of the molecule is Clc1ccc(C[Se]C(Cn2ccnc2)c2ccc(Cl)cc2Cl)c(Cl)c1. The molecule has 1 unspecified atom stereocenters. The molecule has 1 atom stereocenters. The van der Waals surface area contributed by atoms with Crippen molar-refractivity contribution in [1.82, 2.24) is 9.55 Å². The number of hydrogen-bond acceptors (Lipinski definition) is 1. The summed E-state index contributed by atoms with van der Waals surface area (Å²) in [7, 11) is 0. The van der Waals surface area contributed by atoms with Crippen LogP contribution in [0.15, 0.2) is 55.1 Å². The predicted octanol–water partition coefficient (Wildman–Crippen LogP) is 6.14. The number of rotatable bonds is 6. The molecule has 0 saturated heterocycles.